The van der Waals surface area contributed by atoms with Gasteiger partial charge in [0.1, 0.15) is 11.8 Å². The number of nitrogens with zero attached hydrogens (tertiary/aromatic N) is 1. The molecule has 4 amide bonds. The Morgan fingerprint density at radius 3 is 1.89 bits per heavy atom. The van der Waals surface area contributed by atoms with Crippen molar-refractivity contribution in [3.8, 4) is 5.75 Å². The molecule has 37 heavy (non-hydrogen) atoms. The highest BCUT2D eigenvalue weighted by atomic mass is 16.5. The minimum atomic E-state index is -1.09. The van der Waals surface area contributed by atoms with Crippen LogP contribution in [-0.2, 0) is 15.0 Å². The molecule has 1 heterocycles. The van der Waals surface area contributed by atoms with Crippen LogP contribution in [0.5, 0.6) is 5.75 Å². The highest BCUT2D eigenvalue weighted by Gasteiger charge is 2.44. The van der Waals surface area contributed by atoms with Gasteiger partial charge < -0.3 is 4.74 Å². The number of amides is 4. The van der Waals surface area contributed by atoms with E-state index in [1.807, 2.05) is 24.3 Å². The van der Waals surface area contributed by atoms with E-state index in [9.17, 15) is 19.2 Å². The number of hydrogen-bond donors (Lipinski definition) is 2. The summed E-state index contributed by atoms with van der Waals surface area (Å²) in [4.78, 5) is 51.8. The van der Waals surface area contributed by atoms with Crippen LogP contribution in [0.1, 0.15) is 81.2 Å². The Bertz CT molecular complexity index is 1140. The quantitative estimate of drug-likeness (QED) is 0.411. The van der Waals surface area contributed by atoms with Gasteiger partial charge in [-0.1, -0.05) is 72.7 Å². The van der Waals surface area contributed by atoms with Crippen LogP contribution < -0.4 is 15.6 Å². The van der Waals surface area contributed by atoms with Crippen molar-refractivity contribution in [1.29, 1.82) is 0 Å². The average Bonchev–Trinajstić information content (AvgIpc) is 3.05. The van der Waals surface area contributed by atoms with Gasteiger partial charge in [-0.3, -0.25) is 34.9 Å². The van der Waals surface area contributed by atoms with E-state index in [0.29, 0.717) is 5.75 Å². The van der Waals surface area contributed by atoms with Gasteiger partial charge in [-0.15, -0.1) is 0 Å². The smallest absolute Gasteiger partial charge is 0.276 e. The molecule has 0 fully saturated rings. The molecular formula is C29H37N3O5. The molecule has 2 aromatic rings. The molecular weight excluding hydrogens is 470 g/mol. The molecule has 8 nitrogen and oxygen atoms in total. The second-order valence-electron chi connectivity index (χ2n) is 11.7. The molecule has 2 N–H and O–H groups in total. The summed E-state index contributed by atoms with van der Waals surface area (Å²) in [7, 11) is 0. The van der Waals surface area contributed by atoms with Crippen LogP contribution >= 0.6 is 0 Å². The zero-order valence-corrected chi connectivity index (χ0v) is 22.7. The van der Waals surface area contributed by atoms with Crippen LogP contribution in [0.3, 0.4) is 0 Å². The lowest BCUT2D eigenvalue weighted by Crippen LogP contribution is -2.56. The maximum absolute atomic E-state index is 12.9. The first-order chi connectivity index (χ1) is 17.2. The standard InChI is InChI=1S/C29H37N3O5/c1-18(2)24(32-26(35)21-10-8-9-11-22(21)27(32)36)25(34)31-30-23(33)16-37-20-14-12-19(13-15-20)29(6,7)17-28(3,4)5/h8-15,18,24H,16-17H2,1-7H3,(H,30,33)(H,31,34). The van der Waals surface area contributed by atoms with Crippen molar-refractivity contribution < 1.29 is 23.9 Å². The Morgan fingerprint density at radius 2 is 1.41 bits per heavy atom. The highest BCUT2D eigenvalue weighted by Crippen LogP contribution is 2.36. The minimum Gasteiger partial charge on any atom is -0.484 e. The van der Waals surface area contributed by atoms with E-state index in [2.05, 4.69) is 45.5 Å². The molecule has 0 saturated heterocycles. The third-order valence-electron chi connectivity index (χ3n) is 6.31. The number of carbonyl (C=O) groups excluding carboxylic acids is 4. The van der Waals surface area contributed by atoms with Gasteiger partial charge in [-0.2, -0.15) is 0 Å². The number of rotatable bonds is 8. The molecule has 1 aliphatic heterocycles. The number of hydrazine groups is 1. The fraction of sp³-hybridized carbons (Fsp3) is 0.448. The predicted octanol–water partition coefficient (Wildman–Crippen LogP) is 4.25. The topological polar surface area (TPSA) is 105 Å². The molecule has 0 aromatic heterocycles. The van der Waals surface area contributed by atoms with Crippen molar-refractivity contribution >= 4 is 23.6 Å². The van der Waals surface area contributed by atoms with Gasteiger partial charge >= 0.3 is 0 Å². The van der Waals surface area contributed by atoms with E-state index in [4.69, 9.17) is 4.74 Å². The Labute approximate surface area is 218 Å². The van der Waals surface area contributed by atoms with E-state index >= 15 is 0 Å². The fourth-order valence-corrected chi connectivity index (χ4v) is 5.00. The van der Waals surface area contributed by atoms with Gasteiger partial charge in [-0.25, -0.2) is 0 Å². The van der Waals surface area contributed by atoms with Crippen molar-refractivity contribution in [3.63, 3.8) is 0 Å². The molecule has 0 saturated carbocycles. The first-order valence-corrected chi connectivity index (χ1v) is 12.5. The lowest BCUT2D eigenvalue weighted by Gasteiger charge is -2.33. The largest absolute Gasteiger partial charge is 0.484 e. The first kappa shape index (κ1) is 27.9. The van der Waals surface area contributed by atoms with Crippen LogP contribution in [-0.4, -0.2) is 41.2 Å². The lowest BCUT2D eigenvalue weighted by molar-refractivity contribution is -0.132. The van der Waals surface area contributed by atoms with Gasteiger partial charge in [0.2, 0.25) is 0 Å². The van der Waals surface area contributed by atoms with E-state index in [1.54, 1.807) is 38.1 Å². The highest BCUT2D eigenvalue weighted by molar-refractivity contribution is 6.22. The Hall–Kier alpha value is -3.68. The summed E-state index contributed by atoms with van der Waals surface area (Å²) in [6.45, 7) is 14.2. The van der Waals surface area contributed by atoms with Crippen molar-refractivity contribution in [1.82, 2.24) is 15.8 Å². The van der Waals surface area contributed by atoms with Crippen LogP contribution in [0.25, 0.3) is 0 Å². The van der Waals surface area contributed by atoms with Crippen molar-refractivity contribution in [2.75, 3.05) is 6.61 Å². The summed E-state index contributed by atoms with van der Waals surface area (Å²) in [5.41, 5.74) is 6.52. The third kappa shape index (κ3) is 6.56. The van der Waals surface area contributed by atoms with Gasteiger partial charge in [-0.05, 0) is 53.0 Å². The number of fused-ring (bicyclic) bond motifs is 1. The molecule has 1 aliphatic rings. The Morgan fingerprint density at radius 1 is 0.865 bits per heavy atom. The monoisotopic (exact) mass is 507 g/mol. The second-order valence-corrected chi connectivity index (χ2v) is 11.7. The molecule has 198 valence electrons. The molecule has 0 bridgehead atoms. The zero-order valence-electron chi connectivity index (χ0n) is 22.7. The molecule has 1 unspecified atom stereocenters. The molecule has 0 spiro atoms. The molecule has 1 atom stereocenters. The first-order valence-electron chi connectivity index (χ1n) is 12.5. The molecule has 0 aliphatic carbocycles. The van der Waals surface area contributed by atoms with Gasteiger partial charge in [0.25, 0.3) is 23.6 Å². The molecule has 0 radical (unpaired) electrons. The maximum Gasteiger partial charge on any atom is 0.276 e. The third-order valence-corrected chi connectivity index (χ3v) is 6.31. The van der Waals surface area contributed by atoms with Crippen LogP contribution in [0, 0.1) is 11.3 Å². The van der Waals surface area contributed by atoms with Crippen LogP contribution in [0.4, 0.5) is 0 Å². The normalized spacial score (nSPS) is 14.4. The SMILES string of the molecule is CC(C)C(C(=O)NNC(=O)COc1ccc(C(C)(C)CC(C)(C)C)cc1)N1C(=O)c2ccccc2C1=O. The van der Waals surface area contributed by atoms with E-state index in [-0.39, 0.29) is 34.5 Å². The lowest BCUT2D eigenvalue weighted by atomic mass is 9.72. The number of imide groups is 1. The number of hydrogen-bond acceptors (Lipinski definition) is 5. The summed E-state index contributed by atoms with van der Waals surface area (Å²) in [5.74, 6) is -2.14. The van der Waals surface area contributed by atoms with Gasteiger partial charge in [0.15, 0.2) is 6.61 Å². The van der Waals surface area contributed by atoms with E-state index < -0.39 is 29.7 Å². The van der Waals surface area contributed by atoms with Crippen LogP contribution in [0.2, 0.25) is 0 Å². The second kappa shape index (κ2) is 10.7. The number of benzene rings is 2. The number of ether oxygens (including phenoxy) is 1. The summed E-state index contributed by atoms with van der Waals surface area (Å²) < 4.78 is 5.57. The fourth-order valence-electron chi connectivity index (χ4n) is 5.00. The predicted molar refractivity (Wildman–Crippen MR) is 141 cm³/mol. The molecule has 8 heteroatoms. The Balaban J connectivity index is 1.55. The molecule has 2 aromatic carbocycles. The molecule has 3 rings (SSSR count). The number of carbonyl (C=O) groups is 4. The summed E-state index contributed by atoms with van der Waals surface area (Å²) in [6.07, 6.45) is 1.01. The van der Waals surface area contributed by atoms with Crippen LogP contribution in [0.15, 0.2) is 48.5 Å². The van der Waals surface area contributed by atoms with E-state index in [1.165, 1.54) is 5.56 Å². The summed E-state index contributed by atoms with van der Waals surface area (Å²) in [5, 5.41) is 0. The average molecular weight is 508 g/mol. The van der Waals surface area contributed by atoms with Crippen molar-refractivity contribution in [3.05, 3.63) is 65.2 Å². The van der Waals surface area contributed by atoms with Gasteiger partial charge in [0, 0.05) is 0 Å². The minimum absolute atomic E-state index is 0.00906. The van der Waals surface area contributed by atoms with Crippen molar-refractivity contribution in [2.45, 2.75) is 66.3 Å². The summed E-state index contributed by atoms with van der Waals surface area (Å²) in [6, 6.07) is 13.0. The number of nitrogens with one attached hydrogen (secondary N) is 2. The summed E-state index contributed by atoms with van der Waals surface area (Å²) >= 11 is 0. The van der Waals surface area contributed by atoms with Gasteiger partial charge in [0.05, 0.1) is 11.1 Å². The zero-order chi connectivity index (χ0) is 27.5. The Kier molecular flexibility index (Phi) is 8.10. The van der Waals surface area contributed by atoms with E-state index in [0.717, 1.165) is 11.3 Å². The maximum atomic E-state index is 12.9. The van der Waals surface area contributed by atoms with Crippen molar-refractivity contribution in [2.24, 2.45) is 11.3 Å².